The maximum atomic E-state index is 5.37. The third-order valence-electron chi connectivity index (χ3n) is 3.40. The van der Waals surface area contributed by atoms with E-state index < -0.39 is 0 Å². The molecule has 4 nitrogen and oxygen atoms in total. The van der Waals surface area contributed by atoms with Crippen LogP contribution in [0.5, 0.6) is 5.75 Å². The van der Waals surface area contributed by atoms with Gasteiger partial charge in [0.2, 0.25) is 0 Å². The number of nitrogens with one attached hydrogen (secondary N) is 1. The topological polar surface area (TPSA) is 39.1 Å². The minimum Gasteiger partial charge on any atom is -0.496 e. The number of rotatable bonds is 5. The van der Waals surface area contributed by atoms with E-state index in [1.807, 2.05) is 24.0 Å². The molecule has 0 saturated carbocycles. The molecule has 19 heavy (non-hydrogen) atoms. The van der Waals surface area contributed by atoms with E-state index in [2.05, 4.69) is 36.4 Å². The predicted molar refractivity (Wildman–Crippen MR) is 76.2 cm³/mol. The molecule has 1 aromatic carbocycles. The monoisotopic (exact) mass is 259 g/mol. The van der Waals surface area contributed by atoms with E-state index in [0.717, 1.165) is 18.8 Å². The molecule has 0 amide bonds. The van der Waals surface area contributed by atoms with Crippen molar-refractivity contribution in [3.63, 3.8) is 0 Å². The smallest absolute Gasteiger partial charge is 0.123 e. The van der Waals surface area contributed by atoms with Gasteiger partial charge >= 0.3 is 0 Å². The summed E-state index contributed by atoms with van der Waals surface area (Å²) in [6, 6.07) is 6.23. The molecule has 1 aromatic heterocycles. The lowest BCUT2D eigenvalue weighted by Gasteiger charge is -2.10. The number of aryl methyl sites for hydroxylation is 2. The van der Waals surface area contributed by atoms with E-state index in [4.69, 9.17) is 4.74 Å². The van der Waals surface area contributed by atoms with Gasteiger partial charge in [0.25, 0.3) is 0 Å². The van der Waals surface area contributed by atoms with Crippen LogP contribution < -0.4 is 10.1 Å². The number of aromatic nitrogens is 2. The zero-order valence-electron chi connectivity index (χ0n) is 12.0. The molecule has 102 valence electrons. The van der Waals surface area contributed by atoms with Crippen LogP contribution in [0.3, 0.4) is 0 Å². The lowest BCUT2D eigenvalue weighted by atomic mass is 10.1. The molecule has 1 heterocycles. The van der Waals surface area contributed by atoms with Gasteiger partial charge < -0.3 is 10.1 Å². The Kier molecular flexibility index (Phi) is 4.22. The maximum Gasteiger partial charge on any atom is 0.123 e. The zero-order valence-corrected chi connectivity index (χ0v) is 12.0. The highest BCUT2D eigenvalue weighted by Gasteiger charge is 2.05. The Morgan fingerprint density at radius 3 is 2.58 bits per heavy atom. The predicted octanol–water partition coefficient (Wildman–Crippen LogP) is 2.34. The van der Waals surface area contributed by atoms with Gasteiger partial charge in [0.05, 0.1) is 13.3 Å². The average Bonchev–Trinajstić information content (AvgIpc) is 2.71. The number of hydrogen-bond acceptors (Lipinski definition) is 3. The molecule has 4 heteroatoms. The van der Waals surface area contributed by atoms with Crippen LogP contribution in [-0.4, -0.2) is 16.9 Å². The molecule has 0 aliphatic carbocycles. The fourth-order valence-corrected chi connectivity index (χ4v) is 2.10. The second kappa shape index (κ2) is 5.89. The summed E-state index contributed by atoms with van der Waals surface area (Å²) in [6.45, 7) is 5.78. The minimum atomic E-state index is 0.791. The largest absolute Gasteiger partial charge is 0.496 e. The Morgan fingerprint density at radius 1 is 1.21 bits per heavy atom. The summed E-state index contributed by atoms with van der Waals surface area (Å²) in [4.78, 5) is 0. The van der Waals surface area contributed by atoms with Crippen molar-refractivity contribution in [2.24, 2.45) is 7.05 Å². The summed E-state index contributed by atoms with van der Waals surface area (Å²) in [5.74, 6) is 0.931. The Morgan fingerprint density at radius 2 is 1.95 bits per heavy atom. The fraction of sp³-hybridized carbons (Fsp3) is 0.400. The first-order valence-corrected chi connectivity index (χ1v) is 6.43. The van der Waals surface area contributed by atoms with Crippen molar-refractivity contribution in [3.05, 3.63) is 46.8 Å². The van der Waals surface area contributed by atoms with Crippen molar-refractivity contribution in [1.29, 1.82) is 0 Å². The number of nitrogens with zero attached hydrogens (tertiary/aromatic N) is 2. The quantitative estimate of drug-likeness (QED) is 0.895. The number of hydrogen-bond donors (Lipinski definition) is 1. The van der Waals surface area contributed by atoms with Crippen LogP contribution >= 0.6 is 0 Å². The van der Waals surface area contributed by atoms with E-state index in [-0.39, 0.29) is 0 Å². The Balaban J connectivity index is 1.99. The Hall–Kier alpha value is -1.81. The molecule has 2 aromatic rings. The zero-order chi connectivity index (χ0) is 13.8. The molecule has 1 N–H and O–H groups in total. The van der Waals surface area contributed by atoms with Gasteiger partial charge in [0.15, 0.2) is 0 Å². The van der Waals surface area contributed by atoms with Crippen LogP contribution in [0.2, 0.25) is 0 Å². The first kappa shape index (κ1) is 13.6. The van der Waals surface area contributed by atoms with Gasteiger partial charge in [-0.3, -0.25) is 4.68 Å². The van der Waals surface area contributed by atoms with Gasteiger partial charge in [-0.15, -0.1) is 0 Å². The van der Waals surface area contributed by atoms with Crippen molar-refractivity contribution in [3.8, 4) is 5.75 Å². The Labute approximate surface area is 114 Å². The number of ether oxygens (including phenoxy) is 1. The molecule has 0 aliphatic rings. The van der Waals surface area contributed by atoms with Gasteiger partial charge in [-0.2, -0.15) is 5.10 Å². The molecule has 0 unspecified atom stereocenters. The molecule has 0 fully saturated rings. The highest BCUT2D eigenvalue weighted by molar-refractivity contribution is 5.36. The molecule has 0 aliphatic heterocycles. The third kappa shape index (κ3) is 3.15. The second-order valence-corrected chi connectivity index (χ2v) is 4.80. The van der Waals surface area contributed by atoms with Crippen molar-refractivity contribution >= 4 is 0 Å². The second-order valence-electron chi connectivity index (χ2n) is 4.80. The summed E-state index contributed by atoms with van der Waals surface area (Å²) < 4.78 is 7.27. The highest BCUT2D eigenvalue weighted by atomic mass is 16.5. The van der Waals surface area contributed by atoms with Crippen LogP contribution in [0.15, 0.2) is 24.4 Å². The summed E-state index contributed by atoms with van der Waals surface area (Å²) in [5, 5.41) is 7.68. The van der Waals surface area contributed by atoms with E-state index in [0.29, 0.717) is 0 Å². The van der Waals surface area contributed by atoms with Crippen molar-refractivity contribution in [2.45, 2.75) is 26.9 Å². The molecule has 0 atom stereocenters. The summed E-state index contributed by atoms with van der Waals surface area (Å²) in [7, 11) is 3.67. The van der Waals surface area contributed by atoms with E-state index in [1.165, 1.54) is 22.4 Å². The summed E-state index contributed by atoms with van der Waals surface area (Å²) >= 11 is 0. The van der Waals surface area contributed by atoms with Crippen LogP contribution in [0, 0.1) is 13.8 Å². The van der Waals surface area contributed by atoms with E-state index in [1.54, 1.807) is 7.11 Å². The SMILES string of the molecule is COc1ccc(C)cc1CNCc1cnn(C)c1C. The lowest BCUT2D eigenvalue weighted by Crippen LogP contribution is -2.14. The van der Waals surface area contributed by atoms with Crippen molar-refractivity contribution < 1.29 is 4.74 Å². The summed E-state index contributed by atoms with van der Waals surface area (Å²) in [5.41, 5.74) is 4.86. The fourth-order valence-electron chi connectivity index (χ4n) is 2.10. The normalized spacial score (nSPS) is 10.7. The standard InChI is InChI=1S/C15H21N3O/c1-11-5-6-15(19-4)13(7-11)8-16-9-14-10-17-18(3)12(14)2/h5-7,10,16H,8-9H2,1-4H3. The van der Waals surface area contributed by atoms with Gasteiger partial charge in [-0.05, 0) is 19.9 Å². The number of benzene rings is 1. The van der Waals surface area contributed by atoms with Crippen LogP contribution in [-0.2, 0) is 20.1 Å². The molecule has 0 saturated heterocycles. The van der Waals surface area contributed by atoms with Crippen LogP contribution in [0.25, 0.3) is 0 Å². The molecule has 2 rings (SSSR count). The molecular formula is C15H21N3O. The molecule has 0 radical (unpaired) electrons. The van der Waals surface area contributed by atoms with Gasteiger partial charge in [0.1, 0.15) is 5.75 Å². The first-order chi connectivity index (χ1) is 9.11. The maximum absolute atomic E-state index is 5.37. The molecule has 0 bridgehead atoms. The lowest BCUT2D eigenvalue weighted by molar-refractivity contribution is 0.407. The van der Waals surface area contributed by atoms with Gasteiger partial charge in [-0.25, -0.2) is 0 Å². The van der Waals surface area contributed by atoms with E-state index >= 15 is 0 Å². The van der Waals surface area contributed by atoms with Crippen molar-refractivity contribution in [1.82, 2.24) is 15.1 Å². The average molecular weight is 259 g/mol. The number of methoxy groups -OCH3 is 1. The van der Waals surface area contributed by atoms with Crippen molar-refractivity contribution in [2.75, 3.05) is 7.11 Å². The Bertz CT molecular complexity index is 561. The van der Waals surface area contributed by atoms with Gasteiger partial charge in [0, 0.05) is 37.0 Å². The third-order valence-corrected chi connectivity index (χ3v) is 3.40. The molecular weight excluding hydrogens is 238 g/mol. The highest BCUT2D eigenvalue weighted by Crippen LogP contribution is 2.19. The first-order valence-electron chi connectivity index (χ1n) is 6.43. The minimum absolute atomic E-state index is 0.791. The van der Waals surface area contributed by atoms with Crippen LogP contribution in [0.4, 0.5) is 0 Å². The van der Waals surface area contributed by atoms with E-state index in [9.17, 15) is 0 Å². The van der Waals surface area contributed by atoms with Gasteiger partial charge in [-0.1, -0.05) is 17.7 Å². The summed E-state index contributed by atoms with van der Waals surface area (Å²) in [6.07, 6.45) is 1.91. The van der Waals surface area contributed by atoms with Crippen LogP contribution in [0.1, 0.15) is 22.4 Å². The molecule has 0 spiro atoms.